The highest BCUT2D eigenvalue weighted by Crippen LogP contribution is 2.10. The SMILES string of the molecule is O=C(Cc1nnc[nH]c1=O)c1ccc(Cl)cc1. The number of carbonyl (C=O) groups excluding carboxylic acids is 1. The van der Waals surface area contributed by atoms with Crippen LogP contribution in [-0.4, -0.2) is 21.0 Å². The molecule has 17 heavy (non-hydrogen) atoms. The Hall–Kier alpha value is -2.01. The number of aromatic nitrogens is 3. The molecular weight excluding hydrogens is 242 g/mol. The molecule has 0 saturated heterocycles. The second kappa shape index (κ2) is 4.88. The molecule has 0 saturated carbocycles. The van der Waals surface area contributed by atoms with Crippen LogP contribution in [-0.2, 0) is 6.42 Å². The third-order valence-corrected chi connectivity index (χ3v) is 2.44. The lowest BCUT2D eigenvalue weighted by atomic mass is 10.1. The lowest BCUT2D eigenvalue weighted by Gasteiger charge is -1.99. The minimum Gasteiger partial charge on any atom is -0.310 e. The Kier molecular flexibility index (Phi) is 3.30. The number of rotatable bonds is 3. The molecule has 0 spiro atoms. The second-order valence-corrected chi connectivity index (χ2v) is 3.81. The minimum atomic E-state index is -0.401. The van der Waals surface area contributed by atoms with Gasteiger partial charge in [0.15, 0.2) is 5.78 Å². The monoisotopic (exact) mass is 249 g/mol. The number of Topliss-reactive ketones (excluding diaryl/α,β-unsaturated/α-hetero) is 1. The molecular formula is C11H8ClN3O2. The summed E-state index contributed by atoms with van der Waals surface area (Å²) in [5.41, 5.74) is 0.189. The Morgan fingerprint density at radius 3 is 2.65 bits per heavy atom. The van der Waals surface area contributed by atoms with Gasteiger partial charge in [-0.15, -0.1) is 10.2 Å². The van der Waals surface area contributed by atoms with Crippen LogP contribution in [0.25, 0.3) is 0 Å². The van der Waals surface area contributed by atoms with Gasteiger partial charge in [-0.2, -0.15) is 0 Å². The van der Waals surface area contributed by atoms with Crippen LogP contribution in [0.3, 0.4) is 0 Å². The molecule has 0 unspecified atom stereocenters. The number of H-pyrrole nitrogens is 1. The van der Waals surface area contributed by atoms with Crippen LogP contribution >= 0.6 is 11.6 Å². The van der Waals surface area contributed by atoms with Crippen LogP contribution < -0.4 is 5.56 Å². The van der Waals surface area contributed by atoms with Crippen molar-refractivity contribution in [1.82, 2.24) is 15.2 Å². The minimum absolute atomic E-state index is 0.0786. The number of hydrogen-bond donors (Lipinski definition) is 1. The summed E-state index contributed by atoms with van der Waals surface area (Å²) in [4.78, 5) is 25.5. The smallest absolute Gasteiger partial charge is 0.273 e. The van der Waals surface area contributed by atoms with Gasteiger partial charge in [0.2, 0.25) is 0 Å². The van der Waals surface area contributed by atoms with Crippen molar-refractivity contribution in [1.29, 1.82) is 0 Å². The summed E-state index contributed by atoms with van der Waals surface area (Å²) in [6.45, 7) is 0. The lowest BCUT2D eigenvalue weighted by molar-refractivity contribution is 0.0991. The first-order valence-electron chi connectivity index (χ1n) is 4.85. The van der Waals surface area contributed by atoms with Crippen molar-refractivity contribution in [3.05, 3.63) is 57.2 Å². The van der Waals surface area contributed by atoms with E-state index in [1.165, 1.54) is 6.33 Å². The van der Waals surface area contributed by atoms with E-state index in [1.54, 1.807) is 24.3 Å². The van der Waals surface area contributed by atoms with Crippen molar-refractivity contribution in [2.45, 2.75) is 6.42 Å². The highest BCUT2D eigenvalue weighted by atomic mass is 35.5. The number of carbonyl (C=O) groups is 1. The summed E-state index contributed by atoms with van der Waals surface area (Å²) < 4.78 is 0. The number of benzene rings is 1. The van der Waals surface area contributed by atoms with E-state index in [1.807, 2.05) is 0 Å². The zero-order valence-electron chi connectivity index (χ0n) is 8.68. The quantitative estimate of drug-likeness (QED) is 0.831. The van der Waals surface area contributed by atoms with Crippen molar-refractivity contribution in [2.75, 3.05) is 0 Å². The Bertz CT molecular complexity index is 592. The molecule has 0 atom stereocenters. The Labute approximate surface area is 101 Å². The van der Waals surface area contributed by atoms with Crippen LogP contribution in [0.4, 0.5) is 0 Å². The molecule has 1 N–H and O–H groups in total. The van der Waals surface area contributed by atoms with Gasteiger partial charge in [0.05, 0.1) is 6.42 Å². The number of ketones is 1. The van der Waals surface area contributed by atoms with E-state index in [-0.39, 0.29) is 17.9 Å². The Morgan fingerprint density at radius 2 is 2.00 bits per heavy atom. The number of halogens is 1. The molecule has 0 aliphatic rings. The largest absolute Gasteiger partial charge is 0.310 e. The molecule has 5 nitrogen and oxygen atoms in total. The first-order chi connectivity index (χ1) is 8.16. The second-order valence-electron chi connectivity index (χ2n) is 3.37. The first kappa shape index (κ1) is 11.5. The van der Waals surface area contributed by atoms with E-state index < -0.39 is 5.56 Å². The summed E-state index contributed by atoms with van der Waals surface area (Å²) in [7, 11) is 0. The standard InChI is InChI=1S/C11H8ClN3O2/c12-8-3-1-7(2-4-8)10(16)5-9-11(17)13-6-14-15-9/h1-4,6H,5H2,(H,13,14,17). The highest BCUT2D eigenvalue weighted by molar-refractivity contribution is 6.30. The van der Waals surface area contributed by atoms with Gasteiger partial charge in [-0.1, -0.05) is 11.6 Å². The van der Waals surface area contributed by atoms with Crippen LogP contribution in [0.15, 0.2) is 35.4 Å². The topological polar surface area (TPSA) is 75.7 Å². The summed E-state index contributed by atoms with van der Waals surface area (Å²) in [6, 6.07) is 6.45. The van der Waals surface area contributed by atoms with Gasteiger partial charge < -0.3 is 4.98 Å². The van der Waals surface area contributed by atoms with Gasteiger partial charge in [-0.05, 0) is 24.3 Å². The Morgan fingerprint density at radius 1 is 1.29 bits per heavy atom. The van der Waals surface area contributed by atoms with E-state index >= 15 is 0 Å². The Balaban J connectivity index is 2.20. The van der Waals surface area contributed by atoms with Gasteiger partial charge in [-0.25, -0.2) is 0 Å². The van der Waals surface area contributed by atoms with Crippen molar-refractivity contribution < 1.29 is 4.79 Å². The average molecular weight is 250 g/mol. The van der Waals surface area contributed by atoms with Gasteiger partial charge in [0.25, 0.3) is 5.56 Å². The fourth-order valence-corrected chi connectivity index (χ4v) is 1.45. The molecule has 2 rings (SSSR count). The normalized spacial score (nSPS) is 10.2. The fourth-order valence-electron chi connectivity index (χ4n) is 1.32. The molecule has 2 aromatic rings. The number of aromatic amines is 1. The molecule has 0 bridgehead atoms. The maximum Gasteiger partial charge on any atom is 0.273 e. The van der Waals surface area contributed by atoms with Gasteiger partial charge in [0.1, 0.15) is 12.0 Å². The average Bonchev–Trinajstić information content (AvgIpc) is 2.33. The molecule has 86 valence electrons. The predicted octanol–water partition coefficient (Wildman–Crippen LogP) is 1.24. The maximum atomic E-state index is 11.8. The summed E-state index contributed by atoms with van der Waals surface area (Å²) in [5.74, 6) is -0.201. The molecule has 1 heterocycles. The van der Waals surface area contributed by atoms with E-state index in [0.717, 1.165) is 0 Å². The van der Waals surface area contributed by atoms with Crippen LogP contribution in [0, 0.1) is 0 Å². The van der Waals surface area contributed by atoms with Gasteiger partial charge >= 0.3 is 0 Å². The lowest BCUT2D eigenvalue weighted by Crippen LogP contribution is -2.19. The summed E-state index contributed by atoms with van der Waals surface area (Å²) in [6.07, 6.45) is 1.10. The van der Waals surface area contributed by atoms with Crippen molar-refractivity contribution in [3.63, 3.8) is 0 Å². The third-order valence-electron chi connectivity index (χ3n) is 2.19. The zero-order valence-corrected chi connectivity index (χ0v) is 9.44. The van der Waals surface area contributed by atoms with Crippen LogP contribution in [0.1, 0.15) is 16.1 Å². The predicted molar refractivity (Wildman–Crippen MR) is 62.1 cm³/mol. The fraction of sp³-hybridized carbons (Fsp3) is 0.0909. The molecule has 0 aliphatic carbocycles. The van der Waals surface area contributed by atoms with E-state index in [0.29, 0.717) is 10.6 Å². The zero-order chi connectivity index (χ0) is 12.3. The number of nitrogens with zero attached hydrogens (tertiary/aromatic N) is 2. The molecule has 1 aromatic heterocycles. The molecule has 0 aliphatic heterocycles. The summed E-state index contributed by atoms with van der Waals surface area (Å²) >= 11 is 5.71. The third kappa shape index (κ3) is 2.76. The highest BCUT2D eigenvalue weighted by Gasteiger charge is 2.10. The van der Waals surface area contributed by atoms with Crippen molar-refractivity contribution >= 4 is 17.4 Å². The van der Waals surface area contributed by atoms with Crippen molar-refractivity contribution in [2.24, 2.45) is 0 Å². The molecule has 0 fully saturated rings. The molecule has 0 radical (unpaired) electrons. The molecule has 1 aromatic carbocycles. The van der Waals surface area contributed by atoms with Crippen molar-refractivity contribution in [3.8, 4) is 0 Å². The van der Waals surface area contributed by atoms with E-state index in [9.17, 15) is 9.59 Å². The molecule has 0 amide bonds. The van der Waals surface area contributed by atoms with E-state index in [2.05, 4.69) is 15.2 Å². The van der Waals surface area contributed by atoms with Gasteiger partial charge in [-0.3, -0.25) is 9.59 Å². The molecule has 6 heteroatoms. The first-order valence-corrected chi connectivity index (χ1v) is 5.22. The van der Waals surface area contributed by atoms with Crippen LogP contribution in [0.2, 0.25) is 5.02 Å². The van der Waals surface area contributed by atoms with Crippen LogP contribution in [0.5, 0.6) is 0 Å². The van der Waals surface area contributed by atoms with E-state index in [4.69, 9.17) is 11.6 Å². The summed E-state index contributed by atoms with van der Waals surface area (Å²) in [5, 5.41) is 7.70. The van der Waals surface area contributed by atoms with Gasteiger partial charge in [0, 0.05) is 10.6 Å². The number of hydrogen-bond acceptors (Lipinski definition) is 4. The maximum absolute atomic E-state index is 11.8. The number of nitrogens with one attached hydrogen (secondary N) is 1.